The lowest BCUT2D eigenvalue weighted by molar-refractivity contribution is -0.191. The Balaban J connectivity index is 1.39. The molecule has 5 rings (SSSR count). The van der Waals surface area contributed by atoms with Crippen LogP contribution >= 0.6 is 0 Å². The fraction of sp³-hybridized carbons (Fsp3) is 0.538. The van der Waals surface area contributed by atoms with Crippen LogP contribution in [-0.4, -0.2) is 72.1 Å². The standard InChI is InChI=1S/C26H27F4N5O3/c1-23(2,3)38-22(37)34-10-17(27)18(11-34)33-21(36)24-12-25(24,26(28,29)30)14-35(13-24)19-7-6-15(9-31)20-16(19)5-4-8-32-20/h4-8,17-18H,10-14H2,1-3H3,(H,33,36)/t17-,18-,24-,25-/m0/s1. The summed E-state index contributed by atoms with van der Waals surface area (Å²) < 4.78 is 63.3. The number of nitrogens with zero attached hydrogens (tertiary/aromatic N) is 4. The Labute approximate surface area is 216 Å². The second-order valence-corrected chi connectivity index (χ2v) is 11.3. The van der Waals surface area contributed by atoms with E-state index in [-0.39, 0.29) is 25.2 Å². The number of hydrogen-bond donors (Lipinski definition) is 1. The number of pyridine rings is 1. The van der Waals surface area contributed by atoms with Crippen LogP contribution in [0.5, 0.6) is 0 Å². The Morgan fingerprint density at radius 1 is 1.18 bits per heavy atom. The minimum absolute atomic E-state index is 0.202. The van der Waals surface area contributed by atoms with Gasteiger partial charge in [0.1, 0.15) is 23.3 Å². The van der Waals surface area contributed by atoms with Gasteiger partial charge in [-0.25, -0.2) is 9.18 Å². The van der Waals surface area contributed by atoms with Crippen molar-refractivity contribution >= 4 is 28.6 Å². The molecule has 3 fully saturated rings. The number of piperidine rings is 1. The second kappa shape index (κ2) is 8.44. The summed E-state index contributed by atoms with van der Waals surface area (Å²) in [5, 5.41) is 12.4. The van der Waals surface area contributed by atoms with Crippen LogP contribution in [-0.2, 0) is 9.53 Å². The van der Waals surface area contributed by atoms with Gasteiger partial charge in [0.15, 0.2) is 0 Å². The number of rotatable bonds is 3. The summed E-state index contributed by atoms with van der Waals surface area (Å²) in [4.78, 5) is 32.6. The van der Waals surface area contributed by atoms with E-state index in [2.05, 4.69) is 10.3 Å². The Bertz CT molecular complexity index is 1350. The maximum Gasteiger partial charge on any atom is 0.410 e. The normalized spacial score (nSPS) is 28.7. The predicted octanol–water partition coefficient (Wildman–Crippen LogP) is 3.94. The molecule has 2 aromatic rings. The molecule has 0 unspecified atom stereocenters. The Kier molecular flexibility index (Phi) is 5.78. The topological polar surface area (TPSA) is 98.6 Å². The molecule has 1 aliphatic carbocycles. The van der Waals surface area contributed by atoms with Gasteiger partial charge in [-0.05, 0) is 51.5 Å². The van der Waals surface area contributed by atoms with Gasteiger partial charge in [-0.1, -0.05) is 0 Å². The van der Waals surface area contributed by atoms with Crippen molar-refractivity contribution in [3.63, 3.8) is 0 Å². The maximum atomic E-state index is 14.8. The number of aromatic nitrogens is 1. The van der Waals surface area contributed by atoms with E-state index < -0.39 is 59.8 Å². The van der Waals surface area contributed by atoms with E-state index in [4.69, 9.17) is 4.74 Å². The number of likely N-dealkylation sites (tertiary alicyclic amines) is 1. The number of ether oxygens (including phenoxy) is 1. The van der Waals surface area contributed by atoms with Crippen molar-refractivity contribution in [3.8, 4) is 6.07 Å². The van der Waals surface area contributed by atoms with E-state index in [1.54, 1.807) is 39.0 Å². The maximum absolute atomic E-state index is 14.8. The van der Waals surface area contributed by atoms with Crippen LogP contribution in [0, 0.1) is 22.2 Å². The first kappa shape index (κ1) is 26.0. The van der Waals surface area contributed by atoms with Crippen LogP contribution in [0.3, 0.4) is 0 Å². The second-order valence-electron chi connectivity index (χ2n) is 11.3. The van der Waals surface area contributed by atoms with Crippen LogP contribution in [0.2, 0.25) is 0 Å². The highest BCUT2D eigenvalue weighted by Crippen LogP contribution is 2.75. The number of nitriles is 1. The third-order valence-electron chi connectivity index (χ3n) is 7.72. The summed E-state index contributed by atoms with van der Waals surface area (Å²) in [7, 11) is 0. The SMILES string of the molecule is CC(C)(C)OC(=O)N1C[C@H](NC(=O)[C@]23CN(c4ccc(C#N)c5ncccc45)C[C@@]2(C(F)(F)F)C3)[C@@H](F)C1. The molecular weight excluding hydrogens is 506 g/mol. The molecule has 1 aromatic carbocycles. The smallest absolute Gasteiger partial charge is 0.410 e. The summed E-state index contributed by atoms with van der Waals surface area (Å²) in [5.74, 6) is -0.882. The summed E-state index contributed by atoms with van der Waals surface area (Å²) in [6.45, 7) is 3.78. The molecule has 202 valence electrons. The molecular formula is C26H27F4N5O3. The molecule has 3 heterocycles. The summed E-state index contributed by atoms with van der Waals surface area (Å²) in [5.41, 5.74) is -3.80. The number of fused-ring (bicyclic) bond motifs is 2. The molecule has 4 atom stereocenters. The van der Waals surface area contributed by atoms with E-state index in [0.29, 0.717) is 16.6 Å². The van der Waals surface area contributed by atoms with Gasteiger partial charge < -0.3 is 19.9 Å². The zero-order valence-electron chi connectivity index (χ0n) is 21.1. The lowest BCUT2D eigenvalue weighted by atomic mass is 9.94. The molecule has 0 spiro atoms. The number of hydrogen-bond acceptors (Lipinski definition) is 6. The van der Waals surface area contributed by atoms with Crippen molar-refractivity contribution in [2.45, 2.75) is 51.2 Å². The van der Waals surface area contributed by atoms with E-state index in [1.165, 1.54) is 17.2 Å². The third kappa shape index (κ3) is 3.99. The zero-order chi connectivity index (χ0) is 27.7. The fourth-order valence-corrected chi connectivity index (χ4v) is 5.80. The molecule has 2 saturated heterocycles. The first-order valence-electron chi connectivity index (χ1n) is 12.2. The number of anilines is 1. The molecule has 1 aromatic heterocycles. The monoisotopic (exact) mass is 533 g/mol. The average molecular weight is 534 g/mol. The Morgan fingerprint density at radius 2 is 1.92 bits per heavy atom. The van der Waals surface area contributed by atoms with Crippen molar-refractivity contribution in [2.75, 3.05) is 31.1 Å². The number of benzene rings is 1. The number of nitrogens with one attached hydrogen (secondary N) is 1. The van der Waals surface area contributed by atoms with Crippen LogP contribution in [0.1, 0.15) is 32.8 Å². The largest absolute Gasteiger partial charge is 0.444 e. The molecule has 8 nitrogen and oxygen atoms in total. The van der Waals surface area contributed by atoms with E-state index in [1.807, 2.05) is 6.07 Å². The van der Waals surface area contributed by atoms with Gasteiger partial charge in [0.05, 0.1) is 29.1 Å². The van der Waals surface area contributed by atoms with Gasteiger partial charge >= 0.3 is 12.3 Å². The Hall–Kier alpha value is -3.62. The lowest BCUT2D eigenvalue weighted by Crippen LogP contribution is -2.48. The van der Waals surface area contributed by atoms with E-state index >= 15 is 0 Å². The van der Waals surface area contributed by atoms with Crippen LogP contribution in [0.15, 0.2) is 30.5 Å². The van der Waals surface area contributed by atoms with Crippen molar-refractivity contribution < 1.29 is 31.9 Å². The van der Waals surface area contributed by atoms with Crippen LogP contribution in [0.25, 0.3) is 10.9 Å². The van der Waals surface area contributed by atoms with Crippen LogP contribution < -0.4 is 10.2 Å². The van der Waals surface area contributed by atoms with Gasteiger partial charge in [0.25, 0.3) is 0 Å². The summed E-state index contributed by atoms with van der Waals surface area (Å²) in [6.07, 6.45) is -5.98. The number of amides is 2. The molecule has 1 N–H and O–H groups in total. The molecule has 2 aliphatic heterocycles. The van der Waals surface area contributed by atoms with Crippen molar-refractivity contribution in [2.24, 2.45) is 10.8 Å². The molecule has 3 aliphatic rings. The highest BCUT2D eigenvalue weighted by atomic mass is 19.4. The Morgan fingerprint density at radius 3 is 2.58 bits per heavy atom. The molecule has 1 saturated carbocycles. The predicted molar refractivity (Wildman–Crippen MR) is 129 cm³/mol. The first-order chi connectivity index (χ1) is 17.7. The van der Waals surface area contributed by atoms with Gasteiger partial charge in [0.2, 0.25) is 5.91 Å². The lowest BCUT2D eigenvalue weighted by Gasteiger charge is -2.26. The minimum atomic E-state index is -4.67. The molecule has 0 bridgehead atoms. The number of carbonyl (C=O) groups is 2. The molecule has 0 radical (unpaired) electrons. The quantitative estimate of drug-likeness (QED) is 0.601. The number of alkyl halides is 4. The molecule has 2 amide bonds. The van der Waals surface area contributed by atoms with Crippen molar-refractivity contribution in [1.82, 2.24) is 15.2 Å². The van der Waals surface area contributed by atoms with Gasteiger partial charge in [-0.2, -0.15) is 18.4 Å². The van der Waals surface area contributed by atoms with Crippen molar-refractivity contribution in [3.05, 3.63) is 36.0 Å². The van der Waals surface area contributed by atoms with Gasteiger partial charge in [0, 0.05) is 36.9 Å². The van der Waals surface area contributed by atoms with Crippen LogP contribution in [0.4, 0.5) is 28.0 Å². The van der Waals surface area contributed by atoms with Gasteiger partial charge in [-0.3, -0.25) is 9.78 Å². The molecule has 12 heteroatoms. The van der Waals surface area contributed by atoms with Gasteiger partial charge in [-0.15, -0.1) is 0 Å². The zero-order valence-corrected chi connectivity index (χ0v) is 21.1. The number of halogens is 4. The first-order valence-corrected chi connectivity index (χ1v) is 12.2. The van der Waals surface area contributed by atoms with Crippen molar-refractivity contribution in [1.29, 1.82) is 5.26 Å². The van der Waals surface area contributed by atoms with E-state index in [9.17, 15) is 32.4 Å². The average Bonchev–Trinajstić information content (AvgIpc) is 3.16. The molecule has 38 heavy (non-hydrogen) atoms. The summed E-state index contributed by atoms with van der Waals surface area (Å²) >= 11 is 0. The van der Waals surface area contributed by atoms with E-state index in [0.717, 1.165) is 4.90 Å². The highest BCUT2D eigenvalue weighted by molar-refractivity contribution is 5.97. The summed E-state index contributed by atoms with van der Waals surface area (Å²) in [6, 6.07) is 7.25. The highest BCUT2D eigenvalue weighted by Gasteiger charge is 2.86. The minimum Gasteiger partial charge on any atom is -0.444 e. The third-order valence-corrected chi connectivity index (χ3v) is 7.72. The fourth-order valence-electron chi connectivity index (χ4n) is 5.80. The number of carbonyl (C=O) groups excluding carboxylic acids is 2.